The summed E-state index contributed by atoms with van der Waals surface area (Å²) < 4.78 is 0. The van der Waals surface area contributed by atoms with E-state index in [0.717, 1.165) is 28.1 Å². The highest BCUT2D eigenvalue weighted by Crippen LogP contribution is 2.32. The Morgan fingerprint density at radius 3 is 2.41 bits per heavy atom. The van der Waals surface area contributed by atoms with Crippen LogP contribution in [-0.2, 0) is 0 Å². The molecule has 0 bridgehead atoms. The first kappa shape index (κ1) is 16.1. The second kappa shape index (κ2) is 7.10. The molecule has 0 aliphatic carbocycles. The first-order chi connectivity index (χ1) is 10.5. The fourth-order valence-electron chi connectivity index (χ4n) is 2.22. The van der Waals surface area contributed by atoms with Gasteiger partial charge in [-0.2, -0.15) is 0 Å². The minimum atomic E-state index is 0.710. The van der Waals surface area contributed by atoms with Crippen LogP contribution < -0.4 is 0 Å². The standard InChI is InChI=1S/C19H19ClN2/c1-5-22(4)15(3)19(16-9-11-17(20)12-10-16)14(2)18-8-6-7-13-21-18/h5-13H,1,3H2,2,4H3/b19-14-. The van der Waals surface area contributed by atoms with E-state index < -0.39 is 0 Å². The molecule has 0 saturated heterocycles. The topological polar surface area (TPSA) is 16.1 Å². The first-order valence-electron chi connectivity index (χ1n) is 6.97. The Kier molecular flexibility index (Phi) is 5.18. The molecule has 2 rings (SSSR count). The summed E-state index contributed by atoms with van der Waals surface area (Å²) in [4.78, 5) is 6.34. The number of likely N-dealkylation sites (N-methyl/N-ethyl adjacent to an activating group) is 1. The molecule has 0 N–H and O–H groups in total. The molecule has 112 valence electrons. The van der Waals surface area contributed by atoms with Gasteiger partial charge in [-0.1, -0.05) is 43.0 Å². The minimum Gasteiger partial charge on any atom is -0.352 e. The Morgan fingerprint density at radius 1 is 1.18 bits per heavy atom. The fraction of sp³-hybridized carbons (Fsp3) is 0.105. The van der Waals surface area contributed by atoms with E-state index >= 15 is 0 Å². The van der Waals surface area contributed by atoms with E-state index in [1.165, 1.54) is 0 Å². The highest BCUT2D eigenvalue weighted by atomic mass is 35.5. The van der Waals surface area contributed by atoms with E-state index in [1.807, 2.05) is 61.3 Å². The third-order valence-electron chi connectivity index (χ3n) is 3.55. The molecule has 1 heterocycles. The van der Waals surface area contributed by atoms with E-state index in [2.05, 4.69) is 18.1 Å². The second-order valence-electron chi connectivity index (χ2n) is 4.96. The maximum Gasteiger partial charge on any atom is 0.0665 e. The maximum atomic E-state index is 6.00. The van der Waals surface area contributed by atoms with Gasteiger partial charge in [-0.3, -0.25) is 4.98 Å². The van der Waals surface area contributed by atoms with Crippen LogP contribution in [-0.4, -0.2) is 16.9 Å². The van der Waals surface area contributed by atoms with Crippen LogP contribution in [0.2, 0.25) is 5.02 Å². The number of hydrogen-bond donors (Lipinski definition) is 0. The average molecular weight is 311 g/mol. The first-order valence-corrected chi connectivity index (χ1v) is 7.35. The van der Waals surface area contributed by atoms with Crippen molar-refractivity contribution in [3.8, 4) is 0 Å². The van der Waals surface area contributed by atoms with Crippen LogP contribution in [0.3, 0.4) is 0 Å². The van der Waals surface area contributed by atoms with Crippen molar-refractivity contribution in [2.75, 3.05) is 7.05 Å². The lowest BCUT2D eigenvalue weighted by Gasteiger charge is -2.22. The van der Waals surface area contributed by atoms with Crippen molar-refractivity contribution in [1.29, 1.82) is 0 Å². The van der Waals surface area contributed by atoms with Gasteiger partial charge in [0.15, 0.2) is 0 Å². The summed E-state index contributed by atoms with van der Waals surface area (Å²) in [5, 5.41) is 0.710. The molecule has 0 amide bonds. The van der Waals surface area contributed by atoms with Crippen LogP contribution in [0.5, 0.6) is 0 Å². The number of halogens is 1. The zero-order valence-corrected chi connectivity index (χ0v) is 13.6. The molecular weight excluding hydrogens is 292 g/mol. The number of allylic oxidation sites excluding steroid dienone is 2. The van der Waals surface area contributed by atoms with Crippen LogP contribution in [0.4, 0.5) is 0 Å². The van der Waals surface area contributed by atoms with Crippen LogP contribution in [0, 0.1) is 0 Å². The third kappa shape index (κ3) is 3.46. The third-order valence-corrected chi connectivity index (χ3v) is 3.80. The SMILES string of the molecule is C=CN(C)C(=C)/C(=C(\C)c1ccccn1)c1ccc(Cl)cc1. The summed E-state index contributed by atoms with van der Waals surface area (Å²) in [5.74, 6) is 0. The Balaban J connectivity index is 2.62. The normalized spacial score (nSPS) is 11.6. The van der Waals surface area contributed by atoms with Crippen molar-refractivity contribution >= 4 is 22.7 Å². The quantitative estimate of drug-likeness (QED) is 0.701. The number of nitrogens with zero attached hydrogens (tertiary/aromatic N) is 2. The molecule has 2 nitrogen and oxygen atoms in total. The Bertz CT molecular complexity index is 700. The van der Waals surface area contributed by atoms with Crippen molar-refractivity contribution in [3.63, 3.8) is 0 Å². The lowest BCUT2D eigenvalue weighted by Crippen LogP contribution is -2.11. The van der Waals surface area contributed by atoms with Crippen molar-refractivity contribution in [3.05, 3.63) is 90.0 Å². The molecule has 22 heavy (non-hydrogen) atoms. The Hall–Kier alpha value is -2.32. The molecule has 1 aromatic heterocycles. The van der Waals surface area contributed by atoms with Gasteiger partial charge in [-0.05, 0) is 48.5 Å². The van der Waals surface area contributed by atoms with E-state index in [4.69, 9.17) is 11.6 Å². The zero-order chi connectivity index (χ0) is 16.1. The molecule has 0 atom stereocenters. The summed E-state index contributed by atoms with van der Waals surface area (Å²) in [6.07, 6.45) is 3.53. The van der Waals surface area contributed by atoms with Gasteiger partial charge in [-0.25, -0.2) is 0 Å². The van der Waals surface area contributed by atoms with Crippen LogP contribution >= 0.6 is 11.6 Å². The fourth-order valence-corrected chi connectivity index (χ4v) is 2.34. The van der Waals surface area contributed by atoms with E-state index in [1.54, 1.807) is 12.4 Å². The molecule has 0 unspecified atom stereocenters. The van der Waals surface area contributed by atoms with Crippen molar-refractivity contribution in [2.45, 2.75) is 6.92 Å². The molecule has 0 saturated carbocycles. The number of aromatic nitrogens is 1. The van der Waals surface area contributed by atoms with Crippen LogP contribution in [0.1, 0.15) is 18.2 Å². The van der Waals surface area contributed by atoms with Gasteiger partial charge in [0, 0.05) is 29.5 Å². The molecule has 0 spiro atoms. The summed E-state index contributed by atoms with van der Waals surface area (Å²) >= 11 is 6.00. The molecule has 3 heteroatoms. The molecule has 1 aromatic carbocycles. The number of rotatable bonds is 5. The molecule has 0 fully saturated rings. The lowest BCUT2D eigenvalue weighted by molar-refractivity contribution is 0.598. The molecule has 2 aromatic rings. The van der Waals surface area contributed by atoms with Crippen molar-refractivity contribution < 1.29 is 0 Å². The largest absolute Gasteiger partial charge is 0.352 e. The van der Waals surface area contributed by atoms with Gasteiger partial charge in [-0.15, -0.1) is 0 Å². The predicted molar refractivity (Wildman–Crippen MR) is 95.3 cm³/mol. The van der Waals surface area contributed by atoms with Gasteiger partial charge < -0.3 is 4.90 Å². The minimum absolute atomic E-state index is 0.710. The van der Waals surface area contributed by atoms with Crippen LogP contribution in [0.15, 0.2) is 73.7 Å². The van der Waals surface area contributed by atoms with Gasteiger partial charge >= 0.3 is 0 Å². The Morgan fingerprint density at radius 2 is 1.86 bits per heavy atom. The molecule has 0 aliphatic rings. The van der Waals surface area contributed by atoms with Crippen molar-refractivity contribution in [2.24, 2.45) is 0 Å². The summed E-state index contributed by atoms with van der Waals surface area (Å²) in [6.45, 7) is 10.1. The second-order valence-corrected chi connectivity index (χ2v) is 5.40. The lowest BCUT2D eigenvalue weighted by atomic mass is 9.95. The predicted octanol–water partition coefficient (Wildman–Crippen LogP) is 5.25. The average Bonchev–Trinajstić information content (AvgIpc) is 2.56. The van der Waals surface area contributed by atoms with Gasteiger partial charge in [0.25, 0.3) is 0 Å². The van der Waals surface area contributed by atoms with Gasteiger partial charge in [0.05, 0.1) is 5.69 Å². The Labute approximate surface area is 137 Å². The number of pyridine rings is 1. The maximum absolute atomic E-state index is 6.00. The number of benzene rings is 1. The molecular formula is C19H19ClN2. The summed E-state index contributed by atoms with van der Waals surface area (Å²) in [5.41, 5.74) is 4.91. The zero-order valence-electron chi connectivity index (χ0n) is 12.9. The summed E-state index contributed by atoms with van der Waals surface area (Å²) in [7, 11) is 1.93. The highest BCUT2D eigenvalue weighted by molar-refractivity contribution is 6.30. The van der Waals surface area contributed by atoms with Crippen LogP contribution in [0.25, 0.3) is 11.1 Å². The summed E-state index contributed by atoms with van der Waals surface area (Å²) in [6, 6.07) is 13.6. The monoisotopic (exact) mass is 310 g/mol. The van der Waals surface area contributed by atoms with E-state index in [0.29, 0.717) is 5.02 Å². The van der Waals surface area contributed by atoms with Gasteiger partial charge in [0.2, 0.25) is 0 Å². The molecule has 0 aliphatic heterocycles. The van der Waals surface area contributed by atoms with E-state index in [9.17, 15) is 0 Å². The smallest absolute Gasteiger partial charge is 0.0665 e. The number of hydrogen-bond acceptors (Lipinski definition) is 2. The highest BCUT2D eigenvalue weighted by Gasteiger charge is 2.14. The molecule has 0 radical (unpaired) electrons. The van der Waals surface area contributed by atoms with E-state index in [-0.39, 0.29) is 0 Å². The van der Waals surface area contributed by atoms with Gasteiger partial charge in [0.1, 0.15) is 0 Å². The van der Waals surface area contributed by atoms with Crippen molar-refractivity contribution in [1.82, 2.24) is 9.88 Å².